The SMILES string of the molecule is CCOC1CC(N)C1Nc1nc(C(C)C)ns1. The summed E-state index contributed by atoms with van der Waals surface area (Å²) in [7, 11) is 0. The molecule has 1 saturated carbocycles. The Hall–Kier alpha value is -0.720. The molecule has 1 fully saturated rings. The van der Waals surface area contributed by atoms with Crippen molar-refractivity contribution in [1.29, 1.82) is 0 Å². The number of rotatable bonds is 5. The third kappa shape index (κ3) is 2.75. The maximum atomic E-state index is 5.97. The molecular formula is C11H20N4OS. The van der Waals surface area contributed by atoms with Gasteiger partial charge in [0, 0.05) is 30.1 Å². The number of nitrogens with zero attached hydrogens (tertiary/aromatic N) is 2. The molecule has 0 aliphatic heterocycles. The summed E-state index contributed by atoms with van der Waals surface area (Å²) in [5.41, 5.74) is 5.97. The van der Waals surface area contributed by atoms with Crippen LogP contribution in [0.4, 0.5) is 5.13 Å². The Bertz CT molecular complexity index is 366. The lowest BCUT2D eigenvalue weighted by molar-refractivity contribution is -0.0126. The number of hydrogen-bond acceptors (Lipinski definition) is 6. The minimum absolute atomic E-state index is 0.151. The summed E-state index contributed by atoms with van der Waals surface area (Å²) in [6.07, 6.45) is 1.13. The summed E-state index contributed by atoms with van der Waals surface area (Å²) < 4.78 is 9.91. The molecule has 1 aromatic heterocycles. The van der Waals surface area contributed by atoms with E-state index >= 15 is 0 Å². The lowest BCUT2D eigenvalue weighted by Gasteiger charge is -2.42. The second-order valence-electron chi connectivity index (χ2n) is 4.68. The Balaban J connectivity index is 1.94. The lowest BCUT2D eigenvalue weighted by Crippen LogP contribution is -2.60. The summed E-state index contributed by atoms with van der Waals surface area (Å²) in [5.74, 6) is 1.25. The van der Waals surface area contributed by atoms with E-state index in [-0.39, 0.29) is 18.2 Å². The maximum absolute atomic E-state index is 5.97. The van der Waals surface area contributed by atoms with Gasteiger partial charge in [0.15, 0.2) is 0 Å². The van der Waals surface area contributed by atoms with E-state index in [2.05, 4.69) is 28.5 Å². The van der Waals surface area contributed by atoms with Crippen molar-refractivity contribution in [3.63, 3.8) is 0 Å². The molecule has 0 spiro atoms. The lowest BCUT2D eigenvalue weighted by atomic mass is 9.83. The second kappa shape index (κ2) is 5.29. The third-order valence-electron chi connectivity index (χ3n) is 3.00. The van der Waals surface area contributed by atoms with Gasteiger partial charge in [-0.25, -0.2) is 4.98 Å². The zero-order valence-corrected chi connectivity index (χ0v) is 11.3. The molecule has 6 heteroatoms. The van der Waals surface area contributed by atoms with Crippen molar-refractivity contribution in [3.05, 3.63) is 5.82 Å². The average Bonchev–Trinajstić information content (AvgIpc) is 2.74. The molecule has 1 aliphatic carbocycles. The molecular weight excluding hydrogens is 236 g/mol. The molecule has 0 aromatic carbocycles. The van der Waals surface area contributed by atoms with Crippen molar-refractivity contribution < 1.29 is 4.74 Å². The predicted molar refractivity (Wildman–Crippen MR) is 69.4 cm³/mol. The summed E-state index contributed by atoms with van der Waals surface area (Å²) in [6.45, 7) is 6.90. The number of nitrogens with two attached hydrogens (primary N) is 1. The summed E-state index contributed by atoms with van der Waals surface area (Å²) >= 11 is 1.39. The molecule has 1 heterocycles. The average molecular weight is 256 g/mol. The molecule has 0 amide bonds. The van der Waals surface area contributed by atoms with Crippen molar-refractivity contribution in [2.45, 2.75) is 51.3 Å². The number of aromatic nitrogens is 2. The van der Waals surface area contributed by atoms with Crippen LogP contribution in [-0.2, 0) is 4.74 Å². The first-order valence-corrected chi connectivity index (χ1v) is 6.86. The highest BCUT2D eigenvalue weighted by Gasteiger charge is 2.39. The second-order valence-corrected chi connectivity index (χ2v) is 5.43. The van der Waals surface area contributed by atoms with Gasteiger partial charge in [0.1, 0.15) is 5.82 Å². The van der Waals surface area contributed by atoms with Gasteiger partial charge >= 0.3 is 0 Å². The molecule has 1 aliphatic rings. The van der Waals surface area contributed by atoms with Gasteiger partial charge in [0.05, 0.1) is 12.1 Å². The predicted octanol–water partition coefficient (Wildman–Crippen LogP) is 1.58. The van der Waals surface area contributed by atoms with Crippen LogP contribution in [-0.4, -0.2) is 34.2 Å². The number of ether oxygens (including phenoxy) is 1. The van der Waals surface area contributed by atoms with E-state index in [4.69, 9.17) is 10.5 Å². The Labute approximate surface area is 106 Å². The first kappa shape index (κ1) is 12.7. The van der Waals surface area contributed by atoms with Gasteiger partial charge in [-0.15, -0.1) is 0 Å². The van der Waals surface area contributed by atoms with Crippen LogP contribution in [0.25, 0.3) is 0 Å². The van der Waals surface area contributed by atoms with Gasteiger partial charge in [-0.05, 0) is 13.3 Å². The van der Waals surface area contributed by atoms with E-state index < -0.39 is 0 Å². The highest BCUT2D eigenvalue weighted by atomic mass is 32.1. The molecule has 0 saturated heterocycles. The van der Waals surface area contributed by atoms with Crippen LogP contribution in [0.15, 0.2) is 0 Å². The Kier molecular flexibility index (Phi) is 3.96. The first-order valence-electron chi connectivity index (χ1n) is 6.09. The van der Waals surface area contributed by atoms with Gasteiger partial charge in [-0.1, -0.05) is 13.8 Å². The summed E-state index contributed by atoms with van der Waals surface area (Å²) in [5, 5.41) is 4.18. The molecule has 96 valence electrons. The van der Waals surface area contributed by atoms with E-state index in [1.807, 2.05) is 6.92 Å². The molecule has 3 unspecified atom stereocenters. The van der Waals surface area contributed by atoms with E-state index in [0.717, 1.165) is 24.0 Å². The smallest absolute Gasteiger partial charge is 0.202 e. The molecule has 2 rings (SSSR count). The zero-order chi connectivity index (χ0) is 12.4. The van der Waals surface area contributed by atoms with Crippen molar-refractivity contribution in [3.8, 4) is 0 Å². The van der Waals surface area contributed by atoms with Gasteiger partial charge < -0.3 is 15.8 Å². The molecule has 0 bridgehead atoms. The molecule has 3 N–H and O–H groups in total. The zero-order valence-electron chi connectivity index (χ0n) is 10.5. The molecule has 1 aromatic rings. The van der Waals surface area contributed by atoms with E-state index in [9.17, 15) is 0 Å². The van der Waals surface area contributed by atoms with Crippen molar-refractivity contribution in [1.82, 2.24) is 9.36 Å². The quantitative estimate of drug-likeness (QED) is 0.836. The fourth-order valence-corrected chi connectivity index (χ4v) is 2.65. The van der Waals surface area contributed by atoms with Crippen LogP contribution < -0.4 is 11.1 Å². The fourth-order valence-electron chi connectivity index (χ4n) is 1.90. The number of nitrogens with one attached hydrogen (secondary N) is 1. The number of hydrogen-bond donors (Lipinski definition) is 2. The summed E-state index contributed by atoms with van der Waals surface area (Å²) in [6, 6.07) is 0.320. The Morgan fingerprint density at radius 2 is 2.35 bits per heavy atom. The Morgan fingerprint density at radius 3 is 2.88 bits per heavy atom. The molecule has 17 heavy (non-hydrogen) atoms. The standard InChI is InChI=1S/C11H20N4OS/c1-4-16-8-5-7(12)9(8)13-11-14-10(6(2)3)15-17-11/h6-9H,4-5,12H2,1-3H3,(H,13,14,15). The fraction of sp³-hybridized carbons (Fsp3) is 0.818. The van der Waals surface area contributed by atoms with Gasteiger partial charge in [-0.3, -0.25) is 0 Å². The normalized spacial score (nSPS) is 28.2. The van der Waals surface area contributed by atoms with Gasteiger partial charge in [0.2, 0.25) is 5.13 Å². The van der Waals surface area contributed by atoms with Crippen LogP contribution in [0.3, 0.4) is 0 Å². The van der Waals surface area contributed by atoms with Gasteiger partial charge in [-0.2, -0.15) is 4.37 Å². The van der Waals surface area contributed by atoms with E-state index in [1.54, 1.807) is 0 Å². The molecule has 5 nitrogen and oxygen atoms in total. The number of anilines is 1. The van der Waals surface area contributed by atoms with E-state index in [0.29, 0.717) is 5.92 Å². The van der Waals surface area contributed by atoms with Gasteiger partial charge in [0.25, 0.3) is 0 Å². The van der Waals surface area contributed by atoms with E-state index in [1.165, 1.54) is 11.5 Å². The maximum Gasteiger partial charge on any atom is 0.202 e. The van der Waals surface area contributed by atoms with Crippen molar-refractivity contribution >= 4 is 16.7 Å². The molecule has 0 radical (unpaired) electrons. The monoisotopic (exact) mass is 256 g/mol. The topological polar surface area (TPSA) is 73.1 Å². The first-order chi connectivity index (χ1) is 8.11. The third-order valence-corrected chi connectivity index (χ3v) is 3.66. The van der Waals surface area contributed by atoms with Crippen LogP contribution in [0, 0.1) is 0 Å². The largest absolute Gasteiger partial charge is 0.376 e. The minimum atomic E-state index is 0.151. The van der Waals surface area contributed by atoms with Crippen LogP contribution >= 0.6 is 11.5 Å². The Morgan fingerprint density at radius 1 is 1.59 bits per heavy atom. The highest BCUT2D eigenvalue weighted by Crippen LogP contribution is 2.27. The van der Waals surface area contributed by atoms with Crippen molar-refractivity contribution in [2.75, 3.05) is 11.9 Å². The van der Waals surface area contributed by atoms with Crippen molar-refractivity contribution in [2.24, 2.45) is 5.73 Å². The summed E-state index contributed by atoms with van der Waals surface area (Å²) in [4.78, 5) is 4.45. The van der Waals surface area contributed by atoms with Crippen LogP contribution in [0.5, 0.6) is 0 Å². The highest BCUT2D eigenvalue weighted by molar-refractivity contribution is 7.09. The molecule has 3 atom stereocenters. The van der Waals surface area contributed by atoms with Crippen LogP contribution in [0.1, 0.15) is 38.9 Å². The van der Waals surface area contributed by atoms with Crippen LogP contribution in [0.2, 0.25) is 0 Å². The minimum Gasteiger partial charge on any atom is -0.376 e.